The smallest absolute Gasteiger partial charge is 0.256 e. The molecule has 0 radical (unpaired) electrons. The Labute approximate surface area is 113 Å². The Balaban J connectivity index is 2.01. The summed E-state index contributed by atoms with van der Waals surface area (Å²) in [7, 11) is 0. The van der Waals surface area contributed by atoms with E-state index in [9.17, 15) is 9.18 Å². The third kappa shape index (κ3) is 3.32. The van der Waals surface area contributed by atoms with Gasteiger partial charge in [0, 0.05) is 13.1 Å². The molecule has 1 saturated heterocycles. The molecule has 104 valence electrons. The molecule has 0 aliphatic carbocycles. The highest BCUT2D eigenvalue weighted by Crippen LogP contribution is 2.22. The number of aryl methyl sites for hydroxylation is 1. The van der Waals surface area contributed by atoms with Gasteiger partial charge < -0.3 is 10.6 Å². The van der Waals surface area contributed by atoms with E-state index in [1.807, 2.05) is 6.92 Å². The van der Waals surface area contributed by atoms with Crippen LogP contribution in [0.3, 0.4) is 0 Å². The molecule has 0 spiro atoms. The number of hydrogen-bond acceptors (Lipinski definition) is 2. The summed E-state index contributed by atoms with van der Waals surface area (Å²) < 4.78 is 13.8. The van der Waals surface area contributed by atoms with E-state index in [1.54, 1.807) is 17.0 Å². The fraction of sp³-hybridized carbons (Fsp3) is 0.533. The maximum absolute atomic E-state index is 13.8. The van der Waals surface area contributed by atoms with Gasteiger partial charge in [0.1, 0.15) is 5.82 Å². The SMILES string of the molecule is Cc1ccc(C(=O)N2CCC(CCN)CC2)c(F)c1. The number of amides is 1. The number of piperidine rings is 1. The quantitative estimate of drug-likeness (QED) is 0.910. The van der Waals surface area contributed by atoms with E-state index in [4.69, 9.17) is 5.73 Å². The van der Waals surface area contributed by atoms with Crippen molar-refractivity contribution in [1.82, 2.24) is 4.90 Å². The highest BCUT2D eigenvalue weighted by molar-refractivity contribution is 5.94. The van der Waals surface area contributed by atoms with Crippen molar-refractivity contribution < 1.29 is 9.18 Å². The lowest BCUT2D eigenvalue weighted by atomic mass is 9.93. The molecule has 4 heteroatoms. The Morgan fingerprint density at radius 2 is 2.11 bits per heavy atom. The molecule has 2 rings (SSSR count). The van der Waals surface area contributed by atoms with E-state index in [2.05, 4.69) is 0 Å². The van der Waals surface area contributed by atoms with E-state index >= 15 is 0 Å². The Morgan fingerprint density at radius 3 is 2.68 bits per heavy atom. The summed E-state index contributed by atoms with van der Waals surface area (Å²) in [5, 5.41) is 0. The summed E-state index contributed by atoms with van der Waals surface area (Å²) in [6.07, 6.45) is 2.95. The molecule has 0 unspecified atom stereocenters. The average Bonchev–Trinajstić information content (AvgIpc) is 2.39. The zero-order chi connectivity index (χ0) is 13.8. The zero-order valence-electron chi connectivity index (χ0n) is 11.4. The number of carbonyl (C=O) groups is 1. The van der Waals surface area contributed by atoms with Crippen molar-refractivity contribution in [3.8, 4) is 0 Å². The van der Waals surface area contributed by atoms with Crippen molar-refractivity contribution in [2.24, 2.45) is 11.7 Å². The fourth-order valence-electron chi connectivity index (χ4n) is 2.62. The van der Waals surface area contributed by atoms with Crippen molar-refractivity contribution in [1.29, 1.82) is 0 Å². The molecular formula is C15H21FN2O. The Bertz CT molecular complexity index is 453. The lowest BCUT2D eigenvalue weighted by molar-refractivity contribution is 0.0683. The fourth-order valence-corrected chi connectivity index (χ4v) is 2.62. The van der Waals surface area contributed by atoms with E-state index in [-0.39, 0.29) is 11.5 Å². The minimum atomic E-state index is -0.422. The monoisotopic (exact) mass is 264 g/mol. The van der Waals surface area contributed by atoms with Crippen LogP contribution in [-0.4, -0.2) is 30.4 Å². The molecule has 19 heavy (non-hydrogen) atoms. The van der Waals surface area contributed by atoms with Crippen molar-refractivity contribution in [3.05, 3.63) is 35.1 Å². The van der Waals surface area contributed by atoms with Crippen LogP contribution in [0.4, 0.5) is 4.39 Å². The van der Waals surface area contributed by atoms with E-state index in [0.29, 0.717) is 25.6 Å². The summed E-state index contributed by atoms with van der Waals surface area (Å²) in [6, 6.07) is 4.77. The molecule has 0 saturated carbocycles. The Kier molecular flexibility index (Phi) is 4.53. The summed E-state index contributed by atoms with van der Waals surface area (Å²) in [5.41, 5.74) is 6.56. The number of benzene rings is 1. The zero-order valence-corrected chi connectivity index (χ0v) is 11.4. The van der Waals surface area contributed by atoms with E-state index < -0.39 is 5.82 Å². The van der Waals surface area contributed by atoms with Gasteiger partial charge in [-0.15, -0.1) is 0 Å². The molecule has 1 amide bonds. The maximum Gasteiger partial charge on any atom is 0.256 e. The minimum absolute atomic E-state index is 0.183. The Hall–Kier alpha value is -1.42. The lowest BCUT2D eigenvalue weighted by Crippen LogP contribution is -2.39. The van der Waals surface area contributed by atoms with Crippen LogP contribution in [-0.2, 0) is 0 Å². The van der Waals surface area contributed by atoms with Crippen LogP contribution < -0.4 is 5.73 Å². The second-order valence-corrected chi connectivity index (χ2v) is 5.30. The topological polar surface area (TPSA) is 46.3 Å². The van der Waals surface area contributed by atoms with Gasteiger partial charge in [0.2, 0.25) is 0 Å². The molecule has 1 aromatic rings. The highest BCUT2D eigenvalue weighted by Gasteiger charge is 2.24. The number of halogens is 1. The second-order valence-electron chi connectivity index (χ2n) is 5.30. The summed E-state index contributed by atoms with van der Waals surface area (Å²) in [4.78, 5) is 14.0. The summed E-state index contributed by atoms with van der Waals surface area (Å²) in [6.45, 7) is 3.93. The summed E-state index contributed by atoms with van der Waals surface area (Å²) in [5.74, 6) is -0.00491. The van der Waals surface area contributed by atoms with Crippen LogP contribution in [0, 0.1) is 18.7 Å². The molecule has 3 nitrogen and oxygen atoms in total. The lowest BCUT2D eigenvalue weighted by Gasteiger charge is -2.32. The van der Waals surface area contributed by atoms with Crippen molar-refractivity contribution in [2.75, 3.05) is 19.6 Å². The van der Waals surface area contributed by atoms with Gasteiger partial charge in [-0.1, -0.05) is 6.07 Å². The number of hydrogen-bond donors (Lipinski definition) is 1. The molecule has 0 aromatic heterocycles. The number of rotatable bonds is 3. The van der Waals surface area contributed by atoms with Crippen LogP contribution in [0.15, 0.2) is 18.2 Å². The van der Waals surface area contributed by atoms with Gasteiger partial charge in [-0.25, -0.2) is 4.39 Å². The average molecular weight is 264 g/mol. The molecule has 0 atom stereocenters. The molecule has 1 fully saturated rings. The van der Waals surface area contributed by atoms with Gasteiger partial charge in [-0.2, -0.15) is 0 Å². The number of nitrogens with two attached hydrogens (primary N) is 1. The standard InChI is InChI=1S/C15H21FN2O/c1-11-2-3-13(14(16)10-11)15(19)18-8-5-12(4-7-17)6-9-18/h2-3,10,12H,4-9,17H2,1H3. The van der Waals surface area contributed by atoms with Gasteiger partial charge >= 0.3 is 0 Å². The maximum atomic E-state index is 13.8. The molecular weight excluding hydrogens is 243 g/mol. The third-order valence-electron chi connectivity index (χ3n) is 3.83. The highest BCUT2D eigenvalue weighted by atomic mass is 19.1. The van der Waals surface area contributed by atoms with Gasteiger partial charge in [0.05, 0.1) is 5.56 Å². The first-order valence-electron chi connectivity index (χ1n) is 6.87. The van der Waals surface area contributed by atoms with Gasteiger partial charge in [0.25, 0.3) is 5.91 Å². The molecule has 2 N–H and O–H groups in total. The van der Waals surface area contributed by atoms with Gasteiger partial charge in [-0.05, 0) is 56.3 Å². The second kappa shape index (κ2) is 6.15. The Morgan fingerprint density at radius 1 is 1.42 bits per heavy atom. The molecule has 1 aromatic carbocycles. The summed E-state index contributed by atoms with van der Waals surface area (Å²) >= 11 is 0. The van der Waals surface area contributed by atoms with E-state index in [1.165, 1.54) is 6.07 Å². The minimum Gasteiger partial charge on any atom is -0.339 e. The molecule has 1 aliphatic heterocycles. The first-order valence-corrected chi connectivity index (χ1v) is 6.87. The van der Waals surface area contributed by atoms with Crippen molar-refractivity contribution >= 4 is 5.91 Å². The van der Waals surface area contributed by atoms with Crippen LogP contribution in [0.25, 0.3) is 0 Å². The van der Waals surface area contributed by atoms with Crippen LogP contribution >= 0.6 is 0 Å². The van der Waals surface area contributed by atoms with Crippen LogP contribution in [0.2, 0.25) is 0 Å². The normalized spacial score (nSPS) is 16.7. The number of nitrogens with zero attached hydrogens (tertiary/aromatic N) is 1. The van der Waals surface area contributed by atoms with E-state index in [0.717, 1.165) is 24.8 Å². The number of carbonyl (C=O) groups excluding carboxylic acids is 1. The number of likely N-dealkylation sites (tertiary alicyclic amines) is 1. The molecule has 0 bridgehead atoms. The third-order valence-corrected chi connectivity index (χ3v) is 3.83. The largest absolute Gasteiger partial charge is 0.339 e. The molecule has 1 aliphatic rings. The van der Waals surface area contributed by atoms with Crippen LogP contribution in [0.5, 0.6) is 0 Å². The van der Waals surface area contributed by atoms with Crippen molar-refractivity contribution in [2.45, 2.75) is 26.2 Å². The van der Waals surface area contributed by atoms with Crippen LogP contribution in [0.1, 0.15) is 35.2 Å². The van der Waals surface area contributed by atoms with Crippen molar-refractivity contribution in [3.63, 3.8) is 0 Å². The first-order chi connectivity index (χ1) is 9.11. The first kappa shape index (κ1) is 14.0. The predicted octanol–water partition coefficient (Wildman–Crippen LogP) is 2.34. The predicted molar refractivity (Wildman–Crippen MR) is 73.4 cm³/mol. The van der Waals surface area contributed by atoms with Gasteiger partial charge in [-0.3, -0.25) is 4.79 Å². The van der Waals surface area contributed by atoms with Gasteiger partial charge in [0.15, 0.2) is 0 Å². The molecule has 1 heterocycles.